The molecule has 0 aliphatic rings. The Morgan fingerprint density at radius 3 is 2.81 bits per heavy atom. The number of halogens is 2. The first-order valence-electron chi connectivity index (χ1n) is 5.26. The van der Waals surface area contributed by atoms with Crippen LogP contribution in [0.15, 0.2) is 22.7 Å². The van der Waals surface area contributed by atoms with E-state index in [9.17, 15) is 4.39 Å². The second kappa shape index (κ2) is 6.99. The molecule has 0 amide bonds. The molecule has 0 saturated carbocycles. The molecule has 0 heterocycles. The molecule has 0 spiro atoms. The maximum atomic E-state index is 13.4. The molecule has 1 aromatic rings. The van der Waals surface area contributed by atoms with Crippen LogP contribution in [0.5, 0.6) is 0 Å². The summed E-state index contributed by atoms with van der Waals surface area (Å²) in [7, 11) is 0. The molecule has 16 heavy (non-hydrogen) atoms. The van der Waals surface area contributed by atoms with Crippen LogP contribution >= 0.6 is 15.9 Å². The Kier molecular flexibility index (Phi) is 5.95. The molecular weight excluding hydrogens is 275 g/mol. The Labute approximate surface area is 104 Å². The third-order valence-corrected chi connectivity index (χ3v) is 2.59. The molecule has 0 aliphatic carbocycles. The highest BCUT2D eigenvalue weighted by molar-refractivity contribution is 9.10. The lowest BCUT2D eigenvalue weighted by Crippen LogP contribution is -2.16. The van der Waals surface area contributed by atoms with E-state index in [0.29, 0.717) is 18.8 Å². The lowest BCUT2D eigenvalue weighted by atomic mass is 10.2. The molecule has 1 unspecified atom stereocenters. The predicted octanol–water partition coefficient (Wildman–Crippen LogP) is 3.53. The van der Waals surface area contributed by atoms with Gasteiger partial charge in [0, 0.05) is 16.6 Å². The summed E-state index contributed by atoms with van der Waals surface area (Å²) in [5.74, 6) is -0.252. The van der Waals surface area contributed by atoms with Crippen LogP contribution in [0.2, 0.25) is 0 Å². The molecule has 1 atom stereocenters. The van der Waals surface area contributed by atoms with E-state index in [1.54, 1.807) is 12.1 Å². The van der Waals surface area contributed by atoms with Crippen molar-refractivity contribution in [1.29, 1.82) is 0 Å². The molecule has 0 radical (unpaired) electrons. The minimum Gasteiger partial charge on any atom is -0.379 e. The molecule has 0 aliphatic heterocycles. The molecule has 0 aromatic heterocycles. The van der Waals surface area contributed by atoms with Gasteiger partial charge >= 0.3 is 0 Å². The standard InChI is InChI=1S/C12H16BrFO2/c1-3-15-7-9(2)16-8-10-4-5-11(13)6-12(10)14/h4-6,9H,3,7-8H2,1-2H3. The minimum absolute atomic E-state index is 0.0250. The molecule has 2 nitrogen and oxygen atoms in total. The first-order chi connectivity index (χ1) is 7.63. The van der Waals surface area contributed by atoms with Crippen molar-refractivity contribution in [1.82, 2.24) is 0 Å². The van der Waals surface area contributed by atoms with E-state index in [2.05, 4.69) is 15.9 Å². The van der Waals surface area contributed by atoms with Crippen LogP contribution in [0.25, 0.3) is 0 Å². The van der Waals surface area contributed by atoms with Crippen molar-refractivity contribution in [3.8, 4) is 0 Å². The number of rotatable bonds is 6. The lowest BCUT2D eigenvalue weighted by Gasteiger charge is -2.13. The second-order valence-electron chi connectivity index (χ2n) is 3.52. The van der Waals surface area contributed by atoms with Crippen LogP contribution in [-0.4, -0.2) is 19.3 Å². The van der Waals surface area contributed by atoms with Crippen molar-refractivity contribution in [2.45, 2.75) is 26.6 Å². The van der Waals surface area contributed by atoms with Gasteiger partial charge in [-0.25, -0.2) is 4.39 Å². The molecule has 0 saturated heterocycles. The van der Waals surface area contributed by atoms with Crippen molar-refractivity contribution in [2.75, 3.05) is 13.2 Å². The highest BCUT2D eigenvalue weighted by atomic mass is 79.9. The normalized spacial score (nSPS) is 12.8. The fourth-order valence-corrected chi connectivity index (χ4v) is 1.54. The fraction of sp³-hybridized carbons (Fsp3) is 0.500. The average molecular weight is 291 g/mol. The molecule has 1 aromatic carbocycles. The van der Waals surface area contributed by atoms with Crippen molar-refractivity contribution >= 4 is 15.9 Å². The Morgan fingerprint density at radius 2 is 2.19 bits per heavy atom. The maximum absolute atomic E-state index is 13.4. The average Bonchev–Trinajstić information content (AvgIpc) is 2.25. The van der Waals surface area contributed by atoms with Gasteiger partial charge in [0.15, 0.2) is 0 Å². The fourth-order valence-electron chi connectivity index (χ4n) is 1.20. The zero-order chi connectivity index (χ0) is 12.0. The van der Waals surface area contributed by atoms with Crippen LogP contribution in [0, 0.1) is 5.82 Å². The largest absolute Gasteiger partial charge is 0.379 e. The van der Waals surface area contributed by atoms with E-state index in [4.69, 9.17) is 9.47 Å². The molecular formula is C12H16BrFO2. The molecule has 1 rings (SSSR count). The number of hydrogen-bond donors (Lipinski definition) is 0. The van der Waals surface area contributed by atoms with E-state index in [1.165, 1.54) is 6.07 Å². The topological polar surface area (TPSA) is 18.5 Å². The van der Waals surface area contributed by atoms with Gasteiger partial charge in [-0.3, -0.25) is 0 Å². The quantitative estimate of drug-likeness (QED) is 0.798. The van der Waals surface area contributed by atoms with Gasteiger partial charge < -0.3 is 9.47 Å². The second-order valence-corrected chi connectivity index (χ2v) is 4.43. The number of benzene rings is 1. The minimum atomic E-state index is -0.252. The van der Waals surface area contributed by atoms with Gasteiger partial charge in [-0.2, -0.15) is 0 Å². The van der Waals surface area contributed by atoms with Crippen LogP contribution in [0.1, 0.15) is 19.4 Å². The molecule has 90 valence electrons. The van der Waals surface area contributed by atoms with Crippen molar-refractivity contribution in [3.05, 3.63) is 34.1 Å². The number of hydrogen-bond acceptors (Lipinski definition) is 2. The van der Waals surface area contributed by atoms with E-state index >= 15 is 0 Å². The van der Waals surface area contributed by atoms with Gasteiger partial charge in [0.25, 0.3) is 0 Å². The van der Waals surface area contributed by atoms with Crippen molar-refractivity contribution < 1.29 is 13.9 Å². The monoisotopic (exact) mass is 290 g/mol. The van der Waals surface area contributed by atoms with E-state index in [1.807, 2.05) is 13.8 Å². The van der Waals surface area contributed by atoms with E-state index in [0.717, 1.165) is 4.47 Å². The van der Waals surface area contributed by atoms with Gasteiger partial charge in [-0.1, -0.05) is 22.0 Å². The first kappa shape index (κ1) is 13.6. The Morgan fingerprint density at radius 1 is 1.44 bits per heavy atom. The Bertz CT molecular complexity index is 331. The summed E-state index contributed by atoms with van der Waals surface area (Å²) in [5, 5.41) is 0. The van der Waals surface area contributed by atoms with Crippen molar-refractivity contribution in [2.24, 2.45) is 0 Å². The van der Waals surface area contributed by atoms with Gasteiger partial charge in [0.1, 0.15) is 5.82 Å². The summed E-state index contributed by atoms with van der Waals surface area (Å²) in [6, 6.07) is 4.95. The zero-order valence-electron chi connectivity index (χ0n) is 9.50. The van der Waals surface area contributed by atoms with Gasteiger partial charge in [-0.15, -0.1) is 0 Å². The SMILES string of the molecule is CCOCC(C)OCc1ccc(Br)cc1F. The summed E-state index contributed by atoms with van der Waals surface area (Å²) in [6.07, 6.45) is -0.0250. The maximum Gasteiger partial charge on any atom is 0.129 e. The van der Waals surface area contributed by atoms with Crippen LogP contribution in [0.4, 0.5) is 4.39 Å². The summed E-state index contributed by atoms with van der Waals surface area (Å²) in [4.78, 5) is 0. The van der Waals surface area contributed by atoms with E-state index in [-0.39, 0.29) is 18.5 Å². The summed E-state index contributed by atoms with van der Waals surface area (Å²) in [5.41, 5.74) is 0.562. The van der Waals surface area contributed by atoms with Crippen LogP contribution in [0.3, 0.4) is 0 Å². The number of ether oxygens (including phenoxy) is 2. The highest BCUT2D eigenvalue weighted by Crippen LogP contribution is 2.16. The van der Waals surface area contributed by atoms with Crippen LogP contribution in [-0.2, 0) is 16.1 Å². The molecule has 4 heteroatoms. The summed E-state index contributed by atoms with van der Waals surface area (Å²) >= 11 is 3.21. The first-order valence-corrected chi connectivity index (χ1v) is 6.06. The molecule has 0 bridgehead atoms. The third kappa shape index (κ3) is 4.60. The summed E-state index contributed by atoms with van der Waals surface area (Å²) in [6.45, 7) is 5.32. The van der Waals surface area contributed by atoms with Crippen molar-refractivity contribution in [3.63, 3.8) is 0 Å². The predicted molar refractivity (Wildman–Crippen MR) is 64.8 cm³/mol. The highest BCUT2D eigenvalue weighted by Gasteiger charge is 2.06. The Hall–Kier alpha value is -0.450. The third-order valence-electron chi connectivity index (χ3n) is 2.10. The summed E-state index contributed by atoms with van der Waals surface area (Å²) < 4.78 is 24.8. The molecule has 0 N–H and O–H groups in total. The van der Waals surface area contributed by atoms with E-state index < -0.39 is 0 Å². The smallest absolute Gasteiger partial charge is 0.129 e. The van der Waals surface area contributed by atoms with Gasteiger partial charge in [0.05, 0.1) is 19.3 Å². The lowest BCUT2D eigenvalue weighted by molar-refractivity contribution is -0.0125. The van der Waals surface area contributed by atoms with Gasteiger partial charge in [0.2, 0.25) is 0 Å². The Balaban J connectivity index is 2.42. The van der Waals surface area contributed by atoms with Crippen LogP contribution < -0.4 is 0 Å². The molecule has 0 fully saturated rings. The van der Waals surface area contributed by atoms with Gasteiger partial charge in [-0.05, 0) is 26.0 Å². The zero-order valence-corrected chi connectivity index (χ0v) is 11.1.